The third-order valence-corrected chi connectivity index (χ3v) is 3.96. The van der Waals surface area contributed by atoms with Crippen LogP contribution >= 0.6 is 11.8 Å². The monoisotopic (exact) mass is 305 g/mol. The Balaban J connectivity index is 2.07. The minimum atomic E-state index is -0.425. The van der Waals surface area contributed by atoms with Crippen LogP contribution in [0, 0.1) is 0 Å². The van der Waals surface area contributed by atoms with Crippen molar-refractivity contribution in [2.75, 3.05) is 5.84 Å². The van der Waals surface area contributed by atoms with E-state index in [-0.39, 0.29) is 5.41 Å². The van der Waals surface area contributed by atoms with Gasteiger partial charge in [-0.1, -0.05) is 44.7 Å². The van der Waals surface area contributed by atoms with Crippen molar-refractivity contribution in [2.45, 2.75) is 37.1 Å². The first kappa shape index (κ1) is 15.4. The maximum absolute atomic E-state index is 11.0. The van der Waals surface area contributed by atoms with Gasteiger partial charge in [0.25, 0.3) is 0 Å². The molecule has 1 heterocycles. The number of carbonyl (C=O) groups is 1. The molecule has 21 heavy (non-hydrogen) atoms. The van der Waals surface area contributed by atoms with Crippen LogP contribution in [0.25, 0.3) is 0 Å². The lowest BCUT2D eigenvalue weighted by molar-refractivity contribution is 0.100. The number of thioether (sulfide) groups is 1. The summed E-state index contributed by atoms with van der Waals surface area (Å²) in [5, 5.41) is 8.93. The maximum Gasteiger partial charge on any atom is 0.248 e. The zero-order chi connectivity index (χ0) is 15.6. The molecule has 4 N–H and O–H groups in total. The SMILES string of the molecule is CC(C)(C)c1nnc(SCc2ccc(C(N)=O)cc2)n1N. The molecule has 0 fully saturated rings. The number of rotatable bonds is 4. The van der Waals surface area contributed by atoms with Crippen LogP contribution in [0.4, 0.5) is 0 Å². The Labute approximate surface area is 127 Å². The minimum absolute atomic E-state index is 0.149. The zero-order valence-corrected chi connectivity index (χ0v) is 13.1. The number of nitrogens with zero attached hydrogens (tertiary/aromatic N) is 3. The van der Waals surface area contributed by atoms with E-state index in [0.717, 1.165) is 11.4 Å². The molecule has 0 atom stereocenters. The van der Waals surface area contributed by atoms with Crippen LogP contribution < -0.4 is 11.6 Å². The van der Waals surface area contributed by atoms with Gasteiger partial charge in [0, 0.05) is 16.7 Å². The largest absolute Gasteiger partial charge is 0.366 e. The number of benzene rings is 1. The first-order chi connectivity index (χ1) is 9.79. The van der Waals surface area contributed by atoms with Gasteiger partial charge in [-0.2, -0.15) is 0 Å². The second-order valence-electron chi connectivity index (χ2n) is 5.78. The number of aromatic nitrogens is 3. The fourth-order valence-electron chi connectivity index (χ4n) is 1.80. The molecule has 1 aromatic carbocycles. The summed E-state index contributed by atoms with van der Waals surface area (Å²) in [6, 6.07) is 7.17. The summed E-state index contributed by atoms with van der Waals surface area (Å²) < 4.78 is 1.53. The van der Waals surface area contributed by atoms with E-state index < -0.39 is 5.91 Å². The van der Waals surface area contributed by atoms with Gasteiger partial charge < -0.3 is 11.6 Å². The van der Waals surface area contributed by atoms with Crippen molar-refractivity contribution in [1.29, 1.82) is 0 Å². The van der Waals surface area contributed by atoms with E-state index >= 15 is 0 Å². The third-order valence-electron chi connectivity index (χ3n) is 2.94. The van der Waals surface area contributed by atoms with Crippen LogP contribution in [0.15, 0.2) is 29.4 Å². The van der Waals surface area contributed by atoms with Gasteiger partial charge >= 0.3 is 0 Å². The number of primary amides is 1. The van der Waals surface area contributed by atoms with Gasteiger partial charge in [0.2, 0.25) is 11.1 Å². The van der Waals surface area contributed by atoms with E-state index in [9.17, 15) is 4.79 Å². The molecular formula is C14H19N5OS. The molecular weight excluding hydrogens is 286 g/mol. The van der Waals surface area contributed by atoms with Gasteiger partial charge in [-0.05, 0) is 17.7 Å². The van der Waals surface area contributed by atoms with Crippen molar-refractivity contribution in [3.05, 3.63) is 41.2 Å². The van der Waals surface area contributed by atoms with E-state index in [4.69, 9.17) is 11.6 Å². The second-order valence-corrected chi connectivity index (χ2v) is 6.72. The molecule has 2 aromatic rings. The number of hydrogen-bond acceptors (Lipinski definition) is 5. The van der Waals surface area contributed by atoms with Gasteiger partial charge in [-0.3, -0.25) is 4.79 Å². The van der Waals surface area contributed by atoms with E-state index in [1.54, 1.807) is 12.1 Å². The standard InChI is InChI=1S/C14H19N5OS/c1-14(2,3)12-17-18-13(19(12)16)21-8-9-4-6-10(7-5-9)11(15)20/h4-7H,8,16H2,1-3H3,(H2,15,20). The summed E-state index contributed by atoms with van der Waals surface area (Å²) in [5.41, 5.74) is 6.62. The number of amides is 1. The smallest absolute Gasteiger partial charge is 0.248 e. The van der Waals surface area contributed by atoms with Crippen LogP contribution in [-0.4, -0.2) is 20.8 Å². The predicted molar refractivity (Wildman–Crippen MR) is 83.4 cm³/mol. The highest BCUT2D eigenvalue weighted by atomic mass is 32.2. The summed E-state index contributed by atoms with van der Waals surface area (Å²) in [7, 11) is 0. The molecule has 0 saturated carbocycles. The first-order valence-corrected chi connectivity index (χ1v) is 7.50. The molecule has 0 spiro atoms. The van der Waals surface area contributed by atoms with E-state index in [1.165, 1.54) is 16.4 Å². The predicted octanol–water partition coefficient (Wildman–Crippen LogP) is 1.68. The Kier molecular flexibility index (Phi) is 4.22. The van der Waals surface area contributed by atoms with Crippen molar-refractivity contribution in [3.63, 3.8) is 0 Å². The van der Waals surface area contributed by atoms with Gasteiger partial charge in [0.05, 0.1) is 0 Å². The molecule has 0 radical (unpaired) electrons. The Bertz CT molecular complexity index is 642. The summed E-state index contributed by atoms with van der Waals surface area (Å²) in [5.74, 6) is 7.04. The average molecular weight is 305 g/mol. The summed E-state index contributed by atoms with van der Waals surface area (Å²) in [6.45, 7) is 6.12. The summed E-state index contributed by atoms with van der Waals surface area (Å²) >= 11 is 1.50. The first-order valence-electron chi connectivity index (χ1n) is 6.51. The molecule has 1 amide bonds. The van der Waals surface area contributed by atoms with Gasteiger partial charge in [-0.25, -0.2) is 4.68 Å². The molecule has 0 aliphatic heterocycles. The van der Waals surface area contributed by atoms with Crippen LogP contribution in [0.5, 0.6) is 0 Å². The second kappa shape index (κ2) is 5.77. The highest BCUT2D eigenvalue weighted by Crippen LogP contribution is 2.25. The number of hydrogen-bond donors (Lipinski definition) is 2. The van der Waals surface area contributed by atoms with Crippen molar-refractivity contribution < 1.29 is 4.79 Å². The molecule has 7 heteroatoms. The van der Waals surface area contributed by atoms with Crippen molar-refractivity contribution in [3.8, 4) is 0 Å². The number of carbonyl (C=O) groups excluding carboxylic acids is 1. The fraction of sp³-hybridized carbons (Fsp3) is 0.357. The number of nitrogens with two attached hydrogens (primary N) is 2. The topological polar surface area (TPSA) is 99.8 Å². The van der Waals surface area contributed by atoms with E-state index in [0.29, 0.717) is 16.5 Å². The lowest BCUT2D eigenvalue weighted by Crippen LogP contribution is -2.24. The van der Waals surface area contributed by atoms with E-state index in [2.05, 4.69) is 10.2 Å². The van der Waals surface area contributed by atoms with Crippen LogP contribution in [0.3, 0.4) is 0 Å². The molecule has 112 valence electrons. The molecule has 0 saturated heterocycles. The Morgan fingerprint density at radius 3 is 2.33 bits per heavy atom. The molecule has 1 aromatic heterocycles. The highest BCUT2D eigenvalue weighted by molar-refractivity contribution is 7.98. The van der Waals surface area contributed by atoms with Crippen molar-refractivity contribution in [2.24, 2.45) is 5.73 Å². The fourth-order valence-corrected chi connectivity index (χ4v) is 2.61. The van der Waals surface area contributed by atoms with Gasteiger partial charge in [-0.15, -0.1) is 10.2 Å². The molecule has 0 aliphatic rings. The quantitative estimate of drug-likeness (QED) is 0.661. The van der Waals surface area contributed by atoms with Crippen molar-refractivity contribution in [1.82, 2.24) is 14.9 Å². The summed E-state index contributed by atoms with van der Waals surface area (Å²) in [4.78, 5) is 11.0. The molecule has 6 nitrogen and oxygen atoms in total. The van der Waals surface area contributed by atoms with E-state index in [1.807, 2.05) is 32.9 Å². The Hall–Kier alpha value is -2.02. The molecule has 0 aliphatic carbocycles. The molecule has 2 rings (SSSR count). The lowest BCUT2D eigenvalue weighted by atomic mass is 9.96. The van der Waals surface area contributed by atoms with Crippen molar-refractivity contribution >= 4 is 17.7 Å². The van der Waals surface area contributed by atoms with Crippen LogP contribution in [0.2, 0.25) is 0 Å². The average Bonchev–Trinajstić information content (AvgIpc) is 2.78. The van der Waals surface area contributed by atoms with Gasteiger partial charge in [0.1, 0.15) is 0 Å². The Morgan fingerprint density at radius 2 is 1.86 bits per heavy atom. The third kappa shape index (κ3) is 3.55. The molecule has 0 bridgehead atoms. The minimum Gasteiger partial charge on any atom is -0.366 e. The Morgan fingerprint density at radius 1 is 1.24 bits per heavy atom. The normalized spacial score (nSPS) is 11.6. The van der Waals surface area contributed by atoms with Crippen LogP contribution in [-0.2, 0) is 11.2 Å². The van der Waals surface area contributed by atoms with Crippen LogP contribution in [0.1, 0.15) is 42.5 Å². The summed E-state index contributed by atoms with van der Waals surface area (Å²) in [6.07, 6.45) is 0. The zero-order valence-electron chi connectivity index (χ0n) is 12.3. The number of nitrogen functional groups attached to an aromatic ring is 1. The van der Waals surface area contributed by atoms with Gasteiger partial charge in [0.15, 0.2) is 5.82 Å². The maximum atomic E-state index is 11.0. The lowest BCUT2D eigenvalue weighted by Gasteiger charge is -2.16. The molecule has 0 unspecified atom stereocenters. The highest BCUT2D eigenvalue weighted by Gasteiger charge is 2.22.